The maximum absolute atomic E-state index is 12.4. The summed E-state index contributed by atoms with van der Waals surface area (Å²) in [4.78, 5) is 16.5. The first-order valence-corrected chi connectivity index (χ1v) is 9.14. The maximum Gasteiger partial charge on any atom is 0.326 e. The molecule has 0 fully saturated rings. The number of carbonyl (C=O) groups is 1. The number of rotatable bonds is 4. The summed E-state index contributed by atoms with van der Waals surface area (Å²) < 4.78 is 28.2. The van der Waals surface area contributed by atoms with Crippen LogP contribution < -0.4 is 9.03 Å². The molecule has 1 aliphatic rings. The lowest BCUT2D eigenvalue weighted by Gasteiger charge is -2.19. The molecule has 22 heavy (non-hydrogen) atoms. The summed E-state index contributed by atoms with van der Waals surface area (Å²) in [5, 5.41) is 0.800. The van der Waals surface area contributed by atoms with Gasteiger partial charge in [-0.15, -0.1) is 11.3 Å². The Labute approximate surface area is 133 Å². The van der Waals surface area contributed by atoms with Crippen LogP contribution in [0.2, 0.25) is 0 Å². The quantitative estimate of drug-likeness (QED) is 0.922. The average Bonchev–Trinajstić information content (AvgIpc) is 3.13. The molecule has 0 aliphatic carbocycles. The number of anilines is 1. The third-order valence-electron chi connectivity index (χ3n) is 3.44. The van der Waals surface area contributed by atoms with E-state index >= 15 is 0 Å². The molecule has 0 saturated heterocycles. The van der Waals surface area contributed by atoms with Crippen molar-refractivity contribution in [1.82, 2.24) is 9.71 Å². The lowest BCUT2D eigenvalue weighted by atomic mass is 10.2. The molecule has 0 unspecified atom stereocenters. The Kier molecular flexibility index (Phi) is 3.88. The standard InChI is InChI=1S/C14H15N3O3S2/c1-2-13-15-9-12(21-13)14(18)16-22(19,20)17-8-7-10-5-3-4-6-11(10)17/h3-6,9H,2,7-8H2,1H3,(H,16,18). The van der Waals surface area contributed by atoms with Crippen molar-refractivity contribution in [3.8, 4) is 0 Å². The van der Waals surface area contributed by atoms with Crippen molar-refractivity contribution < 1.29 is 13.2 Å². The van der Waals surface area contributed by atoms with E-state index < -0.39 is 16.1 Å². The number of aryl methyl sites for hydroxylation is 1. The molecule has 0 bridgehead atoms. The molecular weight excluding hydrogens is 322 g/mol. The summed E-state index contributed by atoms with van der Waals surface area (Å²) in [6.45, 7) is 2.27. The van der Waals surface area contributed by atoms with Crippen molar-refractivity contribution in [2.75, 3.05) is 10.8 Å². The van der Waals surface area contributed by atoms with Gasteiger partial charge in [-0.3, -0.25) is 9.10 Å². The number of thiazole rings is 1. The van der Waals surface area contributed by atoms with Gasteiger partial charge in [0.15, 0.2) is 0 Å². The highest BCUT2D eigenvalue weighted by Crippen LogP contribution is 2.29. The van der Waals surface area contributed by atoms with E-state index in [1.165, 1.54) is 21.8 Å². The maximum atomic E-state index is 12.4. The zero-order valence-corrected chi connectivity index (χ0v) is 13.6. The van der Waals surface area contributed by atoms with Gasteiger partial charge in [0.25, 0.3) is 5.91 Å². The SMILES string of the molecule is CCc1ncc(C(=O)NS(=O)(=O)N2CCc3ccccc32)s1. The molecule has 2 aromatic rings. The van der Waals surface area contributed by atoms with Crippen molar-refractivity contribution in [3.63, 3.8) is 0 Å². The lowest BCUT2D eigenvalue weighted by molar-refractivity contribution is 0.0985. The zero-order valence-electron chi connectivity index (χ0n) is 11.9. The van der Waals surface area contributed by atoms with Crippen LogP contribution in [0, 0.1) is 0 Å². The first kappa shape index (κ1) is 15.0. The van der Waals surface area contributed by atoms with Gasteiger partial charge < -0.3 is 0 Å². The molecule has 0 saturated carbocycles. The van der Waals surface area contributed by atoms with E-state index in [1.54, 1.807) is 12.1 Å². The number of nitrogens with one attached hydrogen (secondary N) is 1. The molecule has 6 nitrogen and oxygen atoms in total. The molecule has 1 aliphatic heterocycles. The molecule has 1 N–H and O–H groups in total. The highest BCUT2D eigenvalue weighted by Gasteiger charge is 2.31. The van der Waals surface area contributed by atoms with Crippen molar-refractivity contribution in [3.05, 3.63) is 45.9 Å². The van der Waals surface area contributed by atoms with Crippen LogP contribution in [0.15, 0.2) is 30.5 Å². The Morgan fingerprint density at radius 3 is 2.91 bits per heavy atom. The second-order valence-corrected chi connectivity index (χ2v) is 7.57. The number of aromatic nitrogens is 1. The third kappa shape index (κ3) is 2.71. The zero-order chi connectivity index (χ0) is 15.7. The van der Waals surface area contributed by atoms with Gasteiger partial charge in [-0.1, -0.05) is 25.1 Å². The minimum absolute atomic E-state index is 0.299. The number of nitrogens with zero attached hydrogens (tertiary/aromatic N) is 2. The van der Waals surface area contributed by atoms with Gasteiger partial charge in [-0.25, -0.2) is 9.71 Å². The van der Waals surface area contributed by atoms with E-state index in [9.17, 15) is 13.2 Å². The van der Waals surface area contributed by atoms with Gasteiger partial charge in [-0.05, 0) is 24.5 Å². The predicted octanol–water partition coefficient (Wildman–Crippen LogP) is 1.74. The summed E-state index contributed by atoms with van der Waals surface area (Å²) >= 11 is 1.20. The van der Waals surface area contributed by atoms with Gasteiger partial charge >= 0.3 is 10.2 Å². The summed E-state index contributed by atoms with van der Waals surface area (Å²) in [7, 11) is -3.91. The molecule has 1 amide bonds. The molecule has 2 heterocycles. The van der Waals surface area contributed by atoms with Crippen LogP contribution in [0.25, 0.3) is 0 Å². The van der Waals surface area contributed by atoms with E-state index in [0.29, 0.717) is 30.0 Å². The monoisotopic (exact) mass is 337 g/mol. The molecule has 8 heteroatoms. The van der Waals surface area contributed by atoms with Crippen LogP contribution in [-0.2, 0) is 23.1 Å². The number of para-hydroxylation sites is 1. The van der Waals surface area contributed by atoms with Crippen LogP contribution in [0.4, 0.5) is 5.69 Å². The molecule has 0 radical (unpaired) electrons. The van der Waals surface area contributed by atoms with Crippen LogP contribution in [0.5, 0.6) is 0 Å². The van der Waals surface area contributed by atoms with Crippen LogP contribution in [0.1, 0.15) is 27.2 Å². The molecular formula is C14H15N3O3S2. The third-order valence-corrected chi connectivity index (χ3v) is 5.98. The van der Waals surface area contributed by atoms with Crippen LogP contribution in [-0.4, -0.2) is 25.9 Å². The summed E-state index contributed by atoms with van der Waals surface area (Å²) in [6.07, 6.45) is 2.77. The Morgan fingerprint density at radius 1 is 1.41 bits per heavy atom. The van der Waals surface area contributed by atoms with Gasteiger partial charge in [0.2, 0.25) is 0 Å². The Hall–Kier alpha value is -1.93. The van der Waals surface area contributed by atoms with Gasteiger partial charge in [0.05, 0.1) is 16.9 Å². The first-order chi connectivity index (χ1) is 10.5. The number of hydrogen-bond acceptors (Lipinski definition) is 5. The fourth-order valence-electron chi connectivity index (χ4n) is 2.36. The molecule has 1 aromatic carbocycles. The summed E-state index contributed by atoms with van der Waals surface area (Å²) in [5.41, 5.74) is 1.59. The average molecular weight is 337 g/mol. The Morgan fingerprint density at radius 2 is 2.18 bits per heavy atom. The van der Waals surface area contributed by atoms with E-state index in [-0.39, 0.29) is 0 Å². The Balaban J connectivity index is 1.81. The smallest absolute Gasteiger partial charge is 0.267 e. The summed E-state index contributed by atoms with van der Waals surface area (Å²) in [5.74, 6) is -0.637. The molecule has 0 spiro atoms. The van der Waals surface area contributed by atoms with Gasteiger partial charge in [-0.2, -0.15) is 8.42 Å². The highest BCUT2D eigenvalue weighted by molar-refractivity contribution is 7.91. The van der Waals surface area contributed by atoms with Gasteiger partial charge in [0, 0.05) is 6.54 Å². The lowest BCUT2D eigenvalue weighted by Crippen LogP contribution is -2.42. The number of amides is 1. The van der Waals surface area contributed by atoms with E-state index in [1.807, 2.05) is 19.1 Å². The van der Waals surface area contributed by atoms with Crippen molar-refractivity contribution in [1.29, 1.82) is 0 Å². The normalized spacial score (nSPS) is 14.0. The minimum Gasteiger partial charge on any atom is -0.267 e. The Bertz CT molecular complexity index is 814. The molecule has 3 rings (SSSR count). The topological polar surface area (TPSA) is 79.4 Å². The van der Waals surface area contributed by atoms with Crippen molar-refractivity contribution >= 4 is 33.1 Å². The number of carbonyl (C=O) groups excluding carboxylic acids is 1. The fourth-order valence-corrected chi connectivity index (χ4v) is 4.40. The number of hydrogen-bond donors (Lipinski definition) is 1. The van der Waals surface area contributed by atoms with Gasteiger partial charge in [0.1, 0.15) is 4.88 Å². The van der Waals surface area contributed by atoms with Crippen molar-refractivity contribution in [2.45, 2.75) is 19.8 Å². The van der Waals surface area contributed by atoms with Crippen LogP contribution >= 0.6 is 11.3 Å². The molecule has 116 valence electrons. The minimum atomic E-state index is -3.91. The second-order valence-electron chi connectivity index (χ2n) is 4.86. The first-order valence-electron chi connectivity index (χ1n) is 6.88. The fraction of sp³-hybridized carbons (Fsp3) is 0.286. The van der Waals surface area contributed by atoms with Crippen molar-refractivity contribution in [2.24, 2.45) is 0 Å². The second kappa shape index (κ2) is 5.69. The number of benzene rings is 1. The molecule has 1 aromatic heterocycles. The van der Waals surface area contributed by atoms with Crippen LogP contribution in [0.3, 0.4) is 0 Å². The predicted molar refractivity (Wildman–Crippen MR) is 85.4 cm³/mol. The largest absolute Gasteiger partial charge is 0.326 e. The highest BCUT2D eigenvalue weighted by atomic mass is 32.2. The molecule has 0 atom stereocenters. The van der Waals surface area contributed by atoms with E-state index in [2.05, 4.69) is 9.71 Å². The van der Waals surface area contributed by atoms with E-state index in [0.717, 1.165) is 10.6 Å². The number of fused-ring (bicyclic) bond motifs is 1. The summed E-state index contributed by atoms with van der Waals surface area (Å²) in [6, 6.07) is 7.29. The van der Waals surface area contributed by atoms with E-state index in [4.69, 9.17) is 0 Å².